The molecule has 3 aliphatic rings. The molecule has 0 aliphatic carbocycles. The number of likely N-dealkylation sites (N-methyl/N-ethyl adjacent to an activating group) is 2. The second kappa shape index (κ2) is 28.3. The average Bonchev–Trinajstić information content (AvgIpc) is 4.04. The molecular weight excluding hydrogens is 1010 g/mol. The van der Waals surface area contributed by atoms with Gasteiger partial charge in [-0.25, -0.2) is 0 Å². The monoisotopic (exact) mass is 1090 g/mol. The lowest BCUT2D eigenvalue weighted by atomic mass is 9.91. The molecule has 3 saturated heterocycles. The average molecular weight is 1090 g/mol. The largest absolute Gasteiger partial charge is 0.497 e. The number of ketones is 1. The summed E-state index contributed by atoms with van der Waals surface area (Å²) in [6, 6.07) is 10.4. The summed E-state index contributed by atoms with van der Waals surface area (Å²) >= 11 is 5.80. The number of epoxide rings is 1. The number of aliphatic hydroxyl groups is 1. The van der Waals surface area contributed by atoms with E-state index >= 15 is 0 Å². The molecule has 0 aromatic heterocycles. The van der Waals surface area contributed by atoms with Crippen molar-refractivity contribution in [2.45, 2.75) is 181 Å². The van der Waals surface area contributed by atoms with Crippen molar-refractivity contribution in [3.63, 3.8) is 0 Å². The number of para-hydroxylation sites is 1. The zero-order chi connectivity index (χ0) is 57.0. The van der Waals surface area contributed by atoms with E-state index in [9.17, 15) is 38.7 Å². The molecule has 3 fully saturated rings. The Labute approximate surface area is 460 Å². The minimum Gasteiger partial charge on any atom is -0.497 e. The van der Waals surface area contributed by atoms with Gasteiger partial charge >= 0.3 is 11.9 Å². The Balaban J connectivity index is 1.58. The van der Waals surface area contributed by atoms with Gasteiger partial charge in [0.25, 0.3) is 0 Å². The molecule has 0 bridgehead atoms. The number of amides is 4. The van der Waals surface area contributed by atoms with E-state index in [2.05, 4.69) is 21.3 Å². The van der Waals surface area contributed by atoms with Gasteiger partial charge in [0.05, 0.1) is 37.6 Å². The van der Waals surface area contributed by atoms with Crippen molar-refractivity contribution in [3.05, 3.63) is 60.2 Å². The molecule has 4 amide bonds. The van der Waals surface area contributed by atoms with E-state index in [0.29, 0.717) is 43.7 Å². The molecule has 2 aromatic rings. The maximum absolute atomic E-state index is 15.0. The van der Waals surface area contributed by atoms with Crippen LogP contribution in [0, 0.1) is 29.6 Å². The van der Waals surface area contributed by atoms with Crippen LogP contribution >= 0.6 is 12.2 Å². The van der Waals surface area contributed by atoms with Gasteiger partial charge in [-0.1, -0.05) is 92.1 Å². The van der Waals surface area contributed by atoms with E-state index in [1.54, 1.807) is 68.8 Å². The number of Topliss-reactive ketones (excluding diaryl/α,β-unsaturated/α-hetero) is 1. The van der Waals surface area contributed by atoms with Gasteiger partial charge in [-0.2, -0.15) is 0 Å². The van der Waals surface area contributed by atoms with Crippen LogP contribution in [-0.2, 0) is 54.2 Å². The summed E-state index contributed by atoms with van der Waals surface area (Å²) in [5, 5.41) is 23.9. The number of hydrogen-bond donors (Lipinski definition) is 5. The number of esters is 2. The van der Waals surface area contributed by atoms with E-state index < -0.39 is 127 Å². The van der Waals surface area contributed by atoms with Crippen LogP contribution in [0.2, 0.25) is 0 Å². The summed E-state index contributed by atoms with van der Waals surface area (Å²) in [4.78, 5) is 106. The van der Waals surface area contributed by atoms with Crippen molar-refractivity contribution >= 4 is 64.4 Å². The number of anilines is 1. The van der Waals surface area contributed by atoms with Gasteiger partial charge in [-0.05, 0) is 119 Å². The summed E-state index contributed by atoms with van der Waals surface area (Å²) in [7, 11) is 4.96. The third-order valence-electron chi connectivity index (χ3n) is 15.0. The standard InChI is InChI=1S/C57H85N7O12S/c1-14-34(8)46-44(65)30-45(66)75-49(33(6)7)48(67)35(9)51(68)59-40(27-31(2)3)54(71)64-26-18-21-41(64)50-55(76-50)62(11)43(29-37-22-24-39(73-13)25-23-37)56(72)74-36(10)47(53(70)60-46)61-52(69)42(28-32(4)5)63(12)57(77)58-38-19-16-15-17-20-38/h15-17,19-20,22-25,31-36,40-44,46-47,49-50,55,65H,14,18,21,26-30H2,1-13H3,(H,58,77)(H,59,68)(H,60,70)(H,61,69)/t34-,35-,36+,40-,41-,42?,43-,44-,46+,47-,49-,50?,55+/m0/s1. The van der Waals surface area contributed by atoms with Crippen LogP contribution in [0.1, 0.15) is 113 Å². The molecule has 0 radical (unpaired) electrons. The van der Waals surface area contributed by atoms with Gasteiger partial charge in [-0.15, -0.1) is 0 Å². The van der Waals surface area contributed by atoms with E-state index in [1.807, 2.05) is 77.1 Å². The lowest BCUT2D eigenvalue weighted by Crippen LogP contribution is -2.61. The fraction of sp³-hybridized carbons (Fsp3) is 0.649. The Morgan fingerprint density at radius 1 is 0.922 bits per heavy atom. The Hall–Kier alpha value is -5.70. The first-order chi connectivity index (χ1) is 36.4. The molecule has 3 aliphatic heterocycles. The highest BCUT2D eigenvalue weighted by molar-refractivity contribution is 7.80. The van der Waals surface area contributed by atoms with Crippen LogP contribution < -0.4 is 26.0 Å². The van der Waals surface area contributed by atoms with Crippen molar-refractivity contribution in [2.75, 3.05) is 33.1 Å². The van der Waals surface area contributed by atoms with Gasteiger partial charge < -0.3 is 55.1 Å². The number of nitrogens with zero attached hydrogens (tertiary/aromatic N) is 3. The lowest BCUT2D eigenvalue weighted by molar-refractivity contribution is -0.163. The lowest BCUT2D eigenvalue weighted by Gasteiger charge is -2.35. The second-order valence-corrected chi connectivity index (χ2v) is 22.7. The number of hydrogen-bond acceptors (Lipinski definition) is 14. The summed E-state index contributed by atoms with van der Waals surface area (Å²) in [5.74, 6) is -6.64. The molecule has 3 heterocycles. The highest BCUT2D eigenvalue weighted by Gasteiger charge is 2.55. The Kier molecular flexibility index (Phi) is 22.8. The zero-order valence-electron chi connectivity index (χ0n) is 47.3. The van der Waals surface area contributed by atoms with Crippen LogP contribution in [0.3, 0.4) is 0 Å². The number of benzene rings is 2. The number of cyclic esters (lactones) is 2. The third kappa shape index (κ3) is 16.7. The maximum Gasteiger partial charge on any atom is 0.324 e. The molecule has 19 nitrogen and oxygen atoms in total. The van der Waals surface area contributed by atoms with Crippen molar-refractivity contribution in [1.82, 2.24) is 30.7 Å². The van der Waals surface area contributed by atoms with Gasteiger partial charge in [0.2, 0.25) is 23.6 Å². The predicted octanol–water partition coefficient (Wildman–Crippen LogP) is 5.01. The molecule has 20 heteroatoms. The SMILES string of the molecule is CC[C@H](C)[C@H]1NC(=O)[C@@H](NC(=O)C(CC(C)C)N(C)C(=S)Nc2ccccc2)[C@@H](C)OC(=O)[C@H](Cc2ccc(OC)cc2)N(C)[C@@H]2OC2[C@@H]2CCCN2C(=O)[C@H](CC(C)C)NC(=O)[C@@H](C)C(=O)[C@H](C(C)C)OC(=O)C[C@@H]1O. The number of thiocarbonyl (C=S) groups is 1. The number of carbonyl (C=O) groups excluding carboxylic acids is 7. The maximum atomic E-state index is 15.0. The first-order valence-corrected chi connectivity index (χ1v) is 27.7. The van der Waals surface area contributed by atoms with Crippen LogP contribution in [0.25, 0.3) is 0 Å². The summed E-state index contributed by atoms with van der Waals surface area (Å²) < 4.78 is 23.9. The molecule has 2 unspecified atom stereocenters. The fourth-order valence-corrected chi connectivity index (χ4v) is 10.4. The van der Waals surface area contributed by atoms with E-state index in [4.69, 9.17) is 31.2 Å². The zero-order valence-corrected chi connectivity index (χ0v) is 48.1. The Bertz CT molecular complexity index is 2360. The molecule has 13 atom stereocenters. The van der Waals surface area contributed by atoms with Crippen molar-refractivity contribution in [2.24, 2.45) is 29.6 Å². The molecular formula is C57H85N7O12S. The van der Waals surface area contributed by atoms with Crippen molar-refractivity contribution < 1.29 is 57.6 Å². The highest BCUT2D eigenvalue weighted by Crippen LogP contribution is 2.38. The molecule has 0 spiro atoms. The first-order valence-electron chi connectivity index (χ1n) is 27.3. The molecule has 77 heavy (non-hydrogen) atoms. The molecule has 5 N–H and O–H groups in total. The Morgan fingerprint density at radius 3 is 2.18 bits per heavy atom. The van der Waals surface area contributed by atoms with Crippen LogP contribution in [0.15, 0.2) is 54.6 Å². The normalized spacial score (nSPS) is 28.3. The molecule has 0 saturated carbocycles. The van der Waals surface area contributed by atoms with Gasteiger partial charge in [0, 0.05) is 19.3 Å². The molecule has 2 aromatic carbocycles. The summed E-state index contributed by atoms with van der Waals surface area (Å²) in [6.07, 6.45) is -3.77. The number of methoxy groups -OCH3 is 1. The van der Waals surface area contributed by atoms with Crippen molar-refractivity contribution in [3.8, 4) is 5.75 Å². The highest BCUT2D eigenvalue weighted by atomic mass is 32.1. The summed E-state index contributed by atoms with van der Waals surface area (Å²) in [5.41, 5.74) is 1.45. The van der Waals surface area contributed by atoms with Crippen LogP contribution in [-0.4, -0.2) is 161 Å². The van der Waals surface area contributed by atoms with Crippen LogP contribution in [0.5, 0.6) is 5.75 Å². The minimum absolute atomic E-state index is 0.0210. The predicted molar refractivity (Wildman–Crippen MR) is 295 cm³/mol. The van der Waals surface area contributed by atoms with E-state index in [1.165, 1.54) is 13.8 Å². The molecule has 5 rings (SSSR count). The van der Waals surface area contributed by atoms with Gasteiger partial charge in [0.15, 0.2) is 17.0 Å². The van der Waals surface area contributed by atoms with Gasteiger partial charge in [-0.3, -0.25) is 38.5 Å². The topological polar surface area (TPSA) is 238 Å². The van der Waals surface area contributed by atoms with Crippen LogP contribution in [0.4, 0.5) is 5.69 Å². The Morgan fingerprint density at radius 2 is 1.58 bits per heavy atom. The third-order valence-corrected chi connectivity index (χ3v) is 15.4. The fourth-order valence-electron chi connectivity index (χ4n) is 10.1. The minimum atomic E-state index is -1.57. The van der Waals surface area contributed by atoms with Gasteiger partial charge in [0.1, 0.15) is 48.4 Å². The summed E-state index contributed by atoms with van der Waals surface area (Å²) in [6.45, 7) is 18.0. The number of rotatable bonds is 14. The van der Waals surface area contributed by atoms with Crippen molar-refractivity contribution in [1.29, 1.82) is 0 Å². The number of nitrogens with one attached hydrogen (secondary N) is 4. The van der Waals surface area contributed by atoms with E-state index in [0.717, 1.165) is 5.56 Å². The number of ether oxygens (including phenoxy) is 4. The smallest absolute Gasteiger partial charge is 0.324 e. The first kappa shape index (κ1) is 62.1. The number of aliphatic hydroxyl groups excluding tert-OH is 1. The number of carbonyl (C=O) groups is 7. The quantitative estimate of drug-likeness (QED) is 0.0723. The number of fused-ring (bicyclic) bond motifs is 3. The molecule has 426 valence electrons. The van der Waals surface area contributed by atoms with E-state index in [-0.39, 0.29) is 35.7 Å². The second-order valence-electron chi connectivity index (χ2n) is 22.3.